The van der Waals surface area contributed by atoms with Crippen LogP contribution < -0.4 is 0 Å². The Balaban J connectivity index is 1.95. The van der Waals surface area contributed by atoms with Crippen LogP contribution in [0.5, 0.6) is 0 Å². The van der Waals surface area contributed by atoms with Gasteiger partial charge in [-0.05, 0) is 6.42 Å². The summed E-state index contributed by atoms with van der Waals surface area (Å²) in [7, 11) is 0. The van der Waals surface area contributed by atoms with Crippen LogP contribution in [-0.4, -0.2) is 62.0 Å². The van der Waals surface area contributed by atoms with Gasteiger partial charge in [0.05, 0.1) is 26.4 Å². The van der Waals surface area contributed by atoms with E-state index in [0.29, 0.717) is 45.9 Å². The number of carbonyl (C=O) groups is 1. The van der Waals surface area contributed by atoms with Gasteiger partial charge in [-0.25, -0.2) is 0 Å². The van der Waals surface area contributed by atoms with Gasteiger partial charge in [-0.3, -0.25) is 4.79 Å². The van der Waals surface area contributed by atoms with Gasteiger partial charge >= 0.3 is 0 Å². The molecular weight excluding hydrogens is 234 g/mol. The van der Waals surface area contributed by atoms with Gasteiger partial charge in [0, 0.05) is 32.0 Å². The molecule has 1 rings (SSSR count). The summed E-state index contributed by atoms with van der Waals surface area (Å²) in [6.07, 6.45) is 6.59. The van der Waals surface area contributed by atoms with Crippen molar-refractivity contribution in [3.8, 4) is 12.3 Å². The molecule has 1 atom stereocenters. The van der Waals surface area contributed by atoms with Crippen LogP contribution in [0.25, 0.3) is 0 Å². The number of aliphatic hydroxyl groups is 1. The number of hydrogen-bond donors (Lipinski definition) is 1. The second-order valence-corrected chi connectivity index (χ2v) is 4.21. The number of ether oxygens (including phenoxy) is 2. The number of likely N-dealkylation sites (tertiary alicyclic amines) is 1. The van der Waals surface area contributed by atoms with Gasteiger partial charge in [-0.1, -0.05) is 0 Å². The quantitative estimate of drug-likeness (QED) is 0.461. The zero-order valence-electron chi connectivity index (χ0n) is 10.6. The van der Waals surface area contributed by atoms with Crippen LogP contribution in [0.4, 0.5) is 0 Å². The third-order valence-corrected chi connectivity index (χ3v) is 2.77. The lowest BCUT2D eigenvalue weighted by Crippen LogP contribution is -2.27. The molecule has 1 aliphatic rings. The first-order chi connectivity index (χ1) is 8.77. The molecule has 1 aliphatic heterocycles. The Hall–Kier alpha value is -1.09. The van der Waals surface area contributed by atoms with Crippen molar-refractivity contribution in [3.63, 3.8) is 0 Å². The fourth-order valence-electron chi connectivity index (χ4n) is 1.84. The van der Waals surface area contributed by atoms with Gasteiger partial charge in [0.15, 0.2) is 0 Å². The standard InChI is InChI=1S/C13H21NO4/c1-2-12-10-13(16)14(11-12)4-3-6-17-8-9-18-7-5-15/h1,12,15H,3-11H2. The van der Waals surface area contributed by atoms with Gasteiger partial charge in [0.25, 0.3) is 0 Å². The van der Waals surface area contributed by atoms with Crippen molar-refractivity contribution >= 4 is 5.91 Å². The highest BCUT2D eigenvalue weighted by Crippen LogP contribution is 2.16. The molecule has 1 heterocycles. The molecule has 0 aromatic rings. The van der Waals surface area contributed by atoms with Crippen molar-refractivity contribution in [2.24, 2.45) is 5.92 Å². The average Bonchev–Trinajstić information content (AvgIpc) is 2.73. The van der Waals surface area contributed by atoms with Crippen molar-refractivity contribution in [3.05, 3.63) is 0 Å². The van der Waals surface area contributed by atoms with E-state index < -0.39 is 0 Å². The Bertz CT molecular complexity index is 287. The molecule has 0 spiro atoms. The molecule has 0 aliphatic carbocycles. The lowest BCUT2D eigenvalue weighted by molar-refractivity contribution is -0.127. The monoisotopic (exact) mass is 255 g/mol. The van der Waals surface area contributed by atoms with E-state index in [1.165, 1.54) is 0 Å². The highest BCUT2D eigenvalue weighted by molar-refractivity contribution is 5.79. The van der Waals surface area contributed by atoms with E-state index in [1.807, 2.05) is 0 Å². The van der Waals surface area contributed by atoms with Gasteiger partial charge in [-0.15, -0.1) is 12.3 Å². The second-order valence-electron chi connectivity index (χ2n) is 4.21. The molecule has 1 amide bonds. The molecule has 0 bridgehead atoms. The molecule has 0 radical (unpaired) electrons. The van der Waals surface area contributed by atoms with Crippen molar-refractivity contribution in [1.82, 2.24) is 4.90 Å². The third kappa shape index (κ3) is 5.50. The number of amides is 1. The SMILES string of the molecule is C#CC1CC(=O)N(CCCOCCOCCO)C1. The minimum atomic E-state index is 0.0351. The lowest BCUT2D eigenvalue weighted by atomic mass is 10.1. The third-order valence-electron chi connectivity index (χ3n) is 2.77. The van der Waals surface area contributed by atoms with Crippen LogP contribution in [-0.2, 0) is 14.3 Å². The number of terminal acetylenes is 1. The smallest absolute Gasteiger partial charge is 0.223 e. The summed E-state index contributed by atoms with van der Waals surface area (Å²) in [4.78, 5) is 13.3. The molecule has 5 nitrogen and oxygen atoms in total. The Kier molecular flexibility index (Phi) is 7.42. The molecule has 1 fully saturated rings. The van der Waals surface area contributed by atoms with E-state index in [9.17, 15) is 4.79 Å². The zero-order valence-corrected chi connectivity index (χ0v) is 10.6. The molecule has 18 heavy (non-hydrogen) atoms. The first-order valence-corrected chi connectivity index (χ1v) is 6.28. The number of hydrogen-bond acceptors (Lipinski definition) is 4. The highest BCUT2D eigenvalue weighted by atomic mass is 16.5. The summed E-state index contributed by atoms with van der Waals surface area (Å²) in [5, 5.41) is 8.48. The van der Waals surface area contributed by atoms with Crippen LogP contribution in [0.2, 0.25) is 0 Å². The zero-order chi connectivity index (χ0) is 13.2. The van der Waals surface area contributed by atoms with E-state index in [1.54, 1.807) is 4.90 Å². The van der Waals surface area contributed by atoms with Gasteiger partial charge in [0.2, 0.25) is 5.91 Å². The van der Waals surface area contributed by atoms with Crippen molar-refractivity contribution < 1.29 is 19.4 Å². The minimum Gasteiger partial charge on any atom is -0.394 e. The van der Waals surface area contributed by atoms with Crippen LogP contribution in [0.15, 0.2) is 0 Å². The molecule has 0 aromatic heterocycles. The first kappa shape index (κ1) is 15.0. The molecule has 1 saturated heterocycles. The number of aliphatic hydroxyl groups excluding tert-OH is 1. The van der Waals surface area contributed by atoms with Crippen molar-refractivity contribution in [2.45, 2.75) is 12.8 Å². The van der Waals surface area contributed by atoms with E-state index in [-0.39, 0.29) is 18.4 Å². The summed E-state index contributed by atoms with van der Waals surface area (Å²) in [5.74, 6) is 2.84. The maximum atomic E-state index is 11.5. The van der Waals surface area contributed by atoms with Gasteiger partial charge < -0.3 is 19.5 Å². The Labute approximate surface area is 108 Å². The molecule has 1 unspecified atom stereocenters. The number of nitrogens with zero attached hydrogens (tertiary/aromatic N) is 1. The van der Waals surface area contributed by atoms with Gasteiger partial charge in [0.1, 0.15) is 0 Å². The molecule has 0 aromatic carbocycles. The summed E-state index contributed by atoms with van der Waals surface area (Å²) in [5.41, 5.74) is 0. The number of rotatable bonds is 9. The van der Waals surface area contributed by atoms with E-state index in [2.05, 4.69) is 5.92 Å². The van der Waals surface area contributed by atoms with Crippen molar-refractivity contribution in [2.75, 3.05) is 46.1 Å². The highest BCUT2D eigenvalue weighted by Gasteiger charge is 2.27. The summed E-state index contributed by atoms with van der Waals surface area (Å²) in [6.45, 7) is 3.37. The Morgan fingerprint density at radius 1 is 1.33 bits per heavy atom. The fourth-order valence-corrected chi connectivity index (χ4v) is 1.84. The largest absolute Gasteiger partial charge is 0.394 e. The van der Waals surface area contributed by atoms with Crippen LogP contribution in [0.3, 0.4) is 0 Å². The molecule has 102 valence electrons. The molecule has 0 saturated carbocycles. The van der Waals surface area contributed by atoms with E-state index in [4.69, 9.17) is 21.0 Å². The maximum absolute atomic E-state index is 11.5. The summed E-state index contributed by atoms with van der Waals surface area (Å²) in [6, 6.07) is 0. The number of carbonyl (C=O) groups excluding carboxylic acids is 1. The first-order valence-electron chi connectivity index (χ1n) is 6.28. The lowest BCUT2D eigenvalue weighted by Gasteiger charge is -2.15. The Morgan fingerprint density at radius 3 is 2.67 bits per heavy atom. The normalized spacial score (nSPS) is 19.2. The maximum Gasteiger partial charge on any atom is 0.223 e. The molecular formula is C13H21NO4. The van der Waals surface area contributed by atoms with Gasteiger partial charge in [-0.2, -0.15) is 0 Å². The minimum absolute atomic E-state index is 0.0351. The molecule has 1 N–H and O–H groups in total. The predicted molar refractivity (Wildman–Crippen MR) is 66.9 cm³/mol. The van der Waals surface area contributed by atoms with E-state index in [0.717, 1.165) is 6.42 Å². The van der Waals surface area contributed by atoms with Crippen molar-refractivity contribution in [1.29, 1.82) is 0 Å². The topological polar surface area (TPSA) is 59.0 Å². The summed E-state index contributed by atoms with van der Waals surface area (Å²) < 4.78 is 10.4. The fraction of sp³-hybridized carbons (Fsp3) is 0.769. The molecule has 5 heteroatoms. The van der Waals surface area contributed by atoms with E-state index >= 15 is 0 Å². The van der Waals surface area contributed by atoms with Crippen LogP contribution in [0.1, 0.15) is 12.8 Å². The summed E-state index contributed by atoms with van der Waals surface area (Å²) >= 11 is 0. The predicted octanol–water partition coefficient (Wildman–Crippen LogP) is -0.116. The average molecular weight is 255 g/mol. The van der Waals surface area contributed by atoms with Crippen LogP contribution >= 0.6 is 0 Å². The second kappa shape index (κ2) is 8.92. The van der Waals surface area contributed by atoms with Crippen LogP contribution in [0, 0.1) is 18.3 Å². The Morgan fingerprint density at radius 2 is 2.06 bits per heavy atom.